The molecule has 0 unspecified atom stereocenters. The fourth-order valence-corrected chi connectivity index (χ4v) is 5.23. The van der Waals surface area contributed by atoms with Crippen molar-refractivity contribution in [2.24, 2.45) is 0 Å². The van der Waals surface area contributed by atoms with Crippen LogP contribution < -0.4 is 9.64 Å². The van der Waals surface area contributed by atoms with E-state index in [0.717, 1.165) is 40.6 Å². The second-order valence-electron chi connectivity index (χ2n) is 8.54. The molecule has 9 heteroatoms. The highest BCUT2D eigenvalue weighted by Gasteiger charge is 2.53. The average Bonchev–Trinajstić information content (AvgIpc) is 3.15. The normalized spacial score (nSPS) is 32.4. The zero-order chi connectivity index (χ0) is 21.2. The van der Waals surface area contributed by atoms with Crippen molar-refractivity contribution in [3.63, 3.8) is 0 Å². The number of anilines is 1. The standard InChI is InChI=1S/C21H25N3O6/c1-22-8-7-21-6-5-13(25)9-16(21)30-18-14(4-3-12(10-22)17(18)21)24(20(27)28)15-11-29-23(2)19(15)26/h3-6,13,15-16,25H,7-11H2,1-2H3,(H,27,28)/t13-,15-,16-,21-/m0/s1. The Morgan fingerprint density at radius 1 is 1.33 bits per heavy atom. The van der Waals surface area contributed by atoms with Crippen molar-refractivity contribution < 1.29 is 29.4 Å². The molecule has 1 saturated heterocycles. The van der Waals surface area contributed by atoms with Crippen LogP contribution in [0.15, 0.2) is 24.3 Å². The molecule has 160 valence electrons. The summed E-state index contributed by atoms with van der Waals surface area (Å²) in [6.45, 7) is 1.53. The lowest BCUT2D eigenvalue weighted by Crippen LogP contribution is -2.46. The molecule has 1 spiro atoms. The summed E-state index contributed by atoms with van der Waals surface area (Å²) in [7, 11) is 3.53. The molecule has 5 rings (SSSR count). The van der Waals surface area contributed by atoms with E-state index in [1.165, 1.54) is 7.05 Å². The van der Waals surface area contributed by atoms with Crippen molar-refractivity contribution >= 4 is 17.7 Å². The maximum atomic E-state index is 12.5. The van der Waals surface area contributed by atoms with Crippen LogP contribution in [0, 0.1) is 0 Å². The molecule has 0 saturated carbocycles. The molecule has 4 atom stereocenters. The summed E-state index contributed by atoms with van der Waals surface area (Å²) in [6, 6.07) is 2.68. The molecule has 3 aliphatic heterocycles. The van der Waals surface area contributed by atoms with E-state index in [2.05, 4.69) is 11.9 Å². The van der Waals surface area contributed by atoms with E-state index < -0.39 is 29.6 Å². The van der Waals surface area contributed by atoms with E-state index in [1.54, 1.807) is 6.07 Å². The summed E-state index contributed by atoms with van der Waals surface area (Å²) in [5.41, 5.74) is 1.99. The number of benzene rings is 1. The molecule has 9 nitrogen and oxygen atoms in total. The Bertz CT molecular complexity index is 949. The number of hydrogen-bond acceptors (Lipinski definition) is 6. The summed E-state index contributed by atoms with van der Waals surface area (Å²) in [5.74, 6) is 0.0797. The highest BCUT2D eigenvalue weighted by atomic mass is 16.7. The number of aliphatic hydroxyl groups excluding tert-OH is 1. The third kappa shape index (κ3) is 2.65. The quantitative estimate of drug-likeness (QED) is 0.698. The van der Waals surface area contributed by atoms with Gasteiger partial charge in [-0.3, -0.25) is 14.5 Å². The van der Waals surface area contributed by atoms with Crippen molar-refractivity contribution in [2.45, 2.75) is 43.1 Å². The average molecular weight is 415 g/mol. The Hall–Kier alpha value is -2.62. The van der Waals surface area contributed by atoms with Gasteiger partial charge in [0.2, 0.25) is 0 Å². The van der Waals surface area contributed by atoms with Gasteiger partial charge in [-0.1, -0.05) is 18.2 Å². The van der Waals surface area contributed by atoms with Crippen LogP contribution in [0.2, 0.25) is 0 Å². The minimum atomic E-state index is -1.24. The van der Waals surface area contributed by atoms with Gasteiger partial charge in [-0.15, -0.1) is 0 Å². The van der Waals surface area contributed by atoms with Crippen molar-refractivity contribution in [1.29, 1.82) is 0 Å². The predicted molar refractivity (Wildman–Crippen MR) is 106 cm³/mol. The number of likely N-dealkylation sites (N-methyl/N-ethyl adjacent to an activating group) is 1. The number of rotatable bonds is 2. The van der Waals surface area contributed by atoms with Gasteiger partial charge < -0.3 is 19.8 Å². The lowest BCUT2D eigenvalue weighted by Gasteiger charge is -2.35. The number of hydrogen-bond donors (Lipinski definition) is 2. The van der Waals surface area contributed by atoms with Gasteiger partial charge in [-0.05, 0) is 31.6 Å². The summed E-state index contributed by atoms with van der Waals surface area (Å²) >= 11 is 0. The molecule has 2 N–H and O–H groups in total. The SMILES string of the molecule is CN1CC[C@@]23C=C[C@H](O)C[C@@H]2Oc2c(N(C(=O)O)[C@H]4CON(C)C4=O)ccc(c23)C1. The predicted octanol–water partition coefficient (Wildman–Crippen LogP) is 1.10. The van der Waals surface area contributed by atoms with Gasteiger partial charge in [0.15, 0.2) is 0 Å². The van der Waals surface area contributed by atoms with Gasteiger partial charge in [0.25, 0.3) is 5.91 Å². The van der Waals surface area contributed by atoms with Gasteiger partial charge in [0.05, 0.1) is 17.2 Å². The van der Waals surface area contributed by atoms with Crippen molar-refractivity contribution in [3.8, 4) is 5.75 Å². The number of nitrogens with zero attached hydrogens (tertiary/aromatic N) is 3. The second-order valence-corrected chi connectivity index (χ2v) is 8.54. The number of carbonyl (C=O) groups excluding carboxylic acids is 1. The summed E-state index contributed by atoms with van der Waals surface area (Å²) in [6.07, 6.45) is 2.97. The van der Waals surface area contributed by atoms with Gasteiger partial charge in [0, 0.05) is 25.6 Å². The Morgan fingerprint density at radius 2 is 2.13 bits per heavy atom. The highest BCUT2D eigenvalue weighted by Crippen LogP contribution is 2.56. The molecule has 3 heterocycles. The molecule has 1 aromatic carbocycles. The lowest BCUT2D eigenvalue weighted by molar-refractivity contribution is -0.154. The van der Waals surface area contributed by atoms with E-state index >= 15 is 0 Å². The summed E-state index contributed by atoms with van der Waals surface area (Å²) in [4.78, 5) is 33.3. The minimum absolute atomic E-state index is 0.0475. The number of ether oxygens (including phenoxy) is 1. The fraction of sp³-hybridized carbons (Fsp3) is 0.524. The molecule has 4 aliphatic rings. The van der Waals surface area contributed by atoms with Crippen LogP contribution in [-0.4, -0.2) is 77.7 Å². The number of hydroxylamine groups is 2. The largest absolute Gasteiger partial charge is 0.487 e. The van der Waals surface area contributed by atoms with Crippen molar-refractivity contribution in [2.75, 3.05) is 32.1 Å². The van der Waals surface area contributed by atoms with Crippen LogP contribution in [-0.2, 0) is 21.6 Å². The van der Waals surface area contributed by atoms with Gasteiger partial charge in [-0.25, -0.2) is 9.86 Å². The monoisotopic (exact) mass is 415 g/mol. The summed E-state index contributed by atoms with van der Waals surface area (Å²) in [5, 5.41) is 21.3. The molecule has 1 aromatic rings. The van der Waals surface area contributed by atoms with Gasteiger partial charge >= 0.3 is 6.09 Å². The van der Waals surface area contributed by atoms with E-state index in [9.17, 15) is 19.8 Å². The van der Waals surface area contributed by atoms with E-state index in [-0.39, 0.29) is 12.7 Å². The first-order valence-corrected chi connectivity index (χ1v) is 10.1. The van der Waals surface area contributed by atoms with Crippen LogP contribution in [0.1, 0.15) is 24.0 Å². The fourth-order valence-electron chi connectivity index (χ4n) is 5.23. The molecule has 0 bridgehead atoms. The van der Waals surface area contributed by atoms with Crippen LogP contribution in [0.25, 0.3) is 0 Å². The zero-order valence-electron chi connectivity index (χ0n) is 16.9. The molecular formula is C21H25N3O6. The number of aliphatic hydroxyl groups is 1. The van der Waals surface area contributed by atoms with E-state index in [1.807, 2.05) is 18.2 Å². The second kappa shape index (κ2) is 6.69. The molecule has 1 fully saturated rings. The highest BCUT2D eigenvalue weighted by molar-refractivity contribution is 5.99. The van der Waals surface area contributed by atoms with Crippen LogP contribution >= 0.6 is 0 Å². The third-order valence-corrected chi connectivity index (χ3v) is 6.74. The zero-order valence-corrected chi connectivity index (χ0v) is 16.9. The maximum absolute atomic E-state index is 12.5. The Kier molecular flexibility index (Phi) is 4.32. The van der Waals surface area contributed by atoms with Crippen molar-refractivity contribution in [1.82, 2.24) is 9.96 Å². The number of carbonyl (C=O) groups is 2. The molecule has 1 aliphatic carbocycles. The Morgan fingerprint density at radius 3 is 2.83 bits per heavy atom. The van der Waals surface area contributed by atoms with E-state index in [0.29, 0.717) is 17.9 Å². The first-order chi connectivity index (χ1) is 14.3. The molecule has 2 amide bonds. The lowest BCUT2D eigenvalue weighted by atomic mass is 9.69. The van der Waals surface area contributed by atoms with Crippen LogP contribution in [0.4, 0.5) is 10.5 Å². The Balaban J connectivity index is 1.68. The topological polar surface area (TPSA) is 103 Å². The molecule has 30 heavy (non-hydrogen) atoms. The third-order valence-electron chi connectivity index (χ3n) is 6.74. The van der Waals surface area contributed by atoms with Crippen LogP contribution in [0.5, 0.6) is 5.75 Å². The molecular weight excluding hydrogens is 390 g/mol. The maximum Gasteiger partial charge on any atom is 0.412 e. The van der Waals surface area contributed by atoms with Crippen LogP contribution in [0.3, 0.4) is 0 Å². The number of amides is 2. The first kappa shape index (κ1) is 19.3. The Labute approximate surface area is 174 Å². The van der Waals surface area contributed by atoms with Crippen molar-refractivity contribution in [3.05, 3.63) is 35.4 Å². The van der Waals surface area contributed by atoms with Gasteiger partial charge in [-0.2, -0.15) is 0 Å². The molecule has 0 aromatic heterocycles. The number of carboxylic acid groups (broad SMARTS) is 1. The first-order valence-electron chi connectivity index (χ1n) is 10.1. The smallest absolute Gasteiger partial charge is 0.412 e. The van der Waals surface area contributed by atoms with E-state index in [4.69, 9.17) is 9.57 Å². The summed E-state index contributed by atoms with van der Waals surface area (Å²) < 4.78 is 6.37. The molecule has 0 radical (unpaired) electrons. The van der Waals surface area contributed by atoms with Gasteiger partial charge in [0.1, 0.15) is 24.5 Å². The minimum Gasteiger partial charge on any atom is -0.487 e.